The molecule has 0 bridgehead atoms. The second-order valence-corrected chi connectivity index (χ2v) is 6.67. The Kier molecular flexibility index (Phi) is 3.78. The van der Waals surface area contributed by atoms with E-state index in [0.29, 0.717) is 21.4 Å². The van der Waals surface area contributed by atoms with Crippen molar-refractivity contribution in [1.82, 2.24) is 4.31 Å². The van der Waals surface area contributed by atoms with Crippen molar-refractivity contribution in [1.29, 1.82) is 0 Å². The van der Waals surface area contributed by atoms with E-state index in [1.807, 2.05) is 0 Å². The minimum Gasteiger partial charge on any atom is -0.251 e. The summed E-state index contributed by atoms with van der Waals surface area (Å²) < 4.78 is 43.0. The maximum atomic E-state index is 13.8. The molecule has 1 aromatic rings. The third kappa shape index (κ3) is 3.03. The molecule has 2 rings (SSSR count). The van der Waals surface area contributed by atoms with Crippen molar-refractivity contribution in [3.8, 4) is 0 Å². The molecule has 0 spiro atoms. The summed E-state index contributed by atoms with van der Waals surface area (Å²) >= 11 is 3.16. The van der Waals surface area contributed by atoms with Gasteiger partial charge in [0.25, 0.3) is 0 Å². The van der Waals surface area contributed by atoms with Gasteiger partial charge >= 0.3 is 10.2 Å². The Morgan fingerprint density at radius 1 is 1.37 bits per heavy atom. The number of allylic oxidation sites excluding steroid dienone is 2. The van der Waals surface area contributed by atoms with Gasteiger partial charge in [-0.1, -0.05) is 22.0 Å². The zero-order valence-corrected chi connectivity index (χ0v) is 12.8. The first-order valence-corrected chi connectivity index (χ1v) is 7.70. The van der Waals surface area contributed by atoms with Crippen molar-refractivity contribution in [2.45, 2.75) is 20.4 Å². The number of nitrogens with zero attached hydrogens (tertiary/aromatic N) is 2. The summed E-state index contributed by atoms with van der Waals surface area (Å²) in [6, 6.07) is 4.52. The summed E-state index contributed by atoms with van der Waals surface area (Å²) in [7, 11) is -3.77. The molecule has 0 saturated heterocycles. The molecule has 0 unspecified atom stereocenters. The molecule has 0 aliphatic carbocycles. The van der Waals surface area contributed by atoms with E-state index >= 15 is 0 Å². The Bertz CT molecular complexity index is 683. The van der Waals surface area contributed by atoms with Crippen LogP contribution in [-0.2, 0) is 16.8 Å². The van der Waals surface area contributed by atoms with E-state index in [1.165, 1.54) is 6.07 Å². The second-order valence-electron chi connectivity index (χ2n) is 4.24. The standard InChI is InChI=1S/C12H12BrFN2O2S/c1-8-5-9(2)16(19(17,18)15-8)7-10-3-4-11(13)6-12(10)14/h3-6H,7H2,1-2H3. The van der Waals surface area contributed by atoms with Crippen molar-refractivity contribution in [3.63, 3.8) is 0 Å². The van der Waals surface area contributed by atoms with E-state index in [1.54, 1.807) is 32.1 Å². The van der Waals surface area contributed by atoms with Crippen LogP contribution in [0.15, 0.2) is 38.8 Å². The van der Waals surface area contributed by atoms with Gasteiger partial charge in [0.15, 0.2) is 0 Å². The van der Waals surface area contributed by atoms with Crippen molar-refractivity contribution in [2.24, 2.45) is 4.40 Å². The molecule has 1 aliphatic heterocycles. The van der Waals surface area contributed by atoms with Gasteiger partial charge in [-0.25, -0.2) is 4.39 Å². The van der Waals surface area contributed by atoms with Gasteiger partial charge in [0.05, 0.1) is 12.3 Å². The van der Waals surface area contributed by atoms with Crippen LogP contribution in [0.3, 0.4) is 0 Å². The van der Waals surface area contributed by atoms with Crippen LogP contribution in [0.4, 0.5) is 4.39 Å². The molecule has 0 radical (unpaired) electrons. The molecule has 0 fully saturated rings. The minimum absolute atomic E-state index is 0.0689. The fourth-order valence-corrected chi connectivity index (χ4v) is 3.39. The predicted molar refractivity (Wildman–Crippen MR) is 75.4 cm³/mol. The van der Waals surface area contributed by atoms with Crippen LogP contribution in [0.1, 0.15) is 19.4 Å². The van der Waals surface area contributed by atoms with Crippen molar-refractivity contribution >= 4 is 31.9 Å². The molecule has 0 N–H and O–H groups in total. The van der Waals surface area contributed by atoms with E-state index in [2.05, 4.69) is 20.3 Å². The van der Waals surface area contributed by atoms with Gasteiger partial charge in [-0.05, 0) is 32.1 Å². The summed E-state index contributed by atoms with van der Waals surface area (Å²) in [5.41, 5.74) is 1.24. The van der Waals surface area contributed by atoms with E-state index in [-0.39, 0.29) is 6.54 Å². The minimum atomic E-state index is -3.77. The molecule has 1 heterocycles. The number of rotatable bonds is 2. The number of halogens is 2. The zero-order valence-electron chi connectivity index (χ0n) is 10.4. The first kappa shape index (κ1) is 14.2. The first-order valence-electron chi connectivity index (χ1n) is 5.51. The van der Waals surface area contributed by atoms with Gasteiger partial charge in [-0.2, -0.15) is 8.42 Å². The second kappa shape index (κ2) is 5.05. The molecule has 19 heavy (non-hydrogen) atoms. The van der Waals surface area contributed by atoms with Crippen LogP contribution in [0.25, 0.3) is 0 Å². The van der Waals surface area contributed by atoms with Gasteiger partial charge in [0, 0.05) is 15.7 Å². The van der Waals surface area contributed by atoms with Crippen LogP contribution < -0.4 is 0 Å². The highest BCUT2D eigenvalue weighted by Crippen LogP contribution is 2.23. The topological polar surface area (TPSA) is 49.7 Å². The lowest BCUT2D eigenvalue weighted by Gasteiger charge is -2.25. The van der Waals surface area contributed by atoms with Crippen LogP contribution in [0.2, 0.25) is 0 Å². The molecule has 7 heteroatoms. The fraction of sp³-hybridized carbons (Fsp3) is 0.250. The Labute approximate surface area is 120 Å². The SMILES string of the molecule is CC1=CC(C)=NS(=O)(=O)N1Cc1ccc(Br)cc1F. The molecule has 1 aliphatic rings. The number of hydrogen-bond donors (Lipinski definition) is 0. The molecule has 4 nitrogen and oxygen atoms in total. The Morgan fingerprint density at radius 2 is 2.05 bits per heavy atom. The van der Waals surface area contributed by atoms with Gasteiger partial charge in [-0.15, -0.1) is 4.40 Å². The lowest BCUT2D eigenvalue weighted by atomic mass is 10.2. The lowest BCUT2D eigenvalue weighted by molar-refractivity contribution is 0.461. The molecule has 0 amide bonds. The highest BCUT2D eigenvalue weighted by molar-refractivity contribution is 9.10. The van der Waals surface area contributed by atoms with E-state index in [4.69, 9.17) is 0 Å². The van der Waals surface area contributed by atoms with Crippen LogP contribution >= 0.6 is 15.9 Å². The predicted octanol–water partition coefficient (Wildman–Crippen LogP) is 3.01. The summed E-state index contributed by atoms with van der Waals surface area (Å²) in [6.45, 7) is 3.20. The maximum Gasteiger partial charge on any atom is 0.344 e. The monoisotopic (exact) mass is 346 g/mol. The van der Waals surface area contributed by atoms with Crippen molar-refractivity contribution < 1.29 is 12.8 Å². The van der Waals surface area contributed by atoms with Gasteiger partial charge in [0.1, 0.15) is 5.82 Å². The normalized spacial score (nSPS) is 18.0. The molecule has 0 aromatic heterocycles. The third-order valence-electron chi connectivity index (χ3n) is 2.68. The largest absolute Gasteiger partial charge is 0.344 e. The van der Waals surface area contributed by atoms with Crippen LogP contribution in [0.5, 0.6) is 0 Å². The Hall–Kier alpha value is -1.21. The molecule has 0 saturated carbocycles. The summed E-state index contributed by atoms with van der Waals surface area (Å²) in [4.78, 5) is 0. The highest BCUT2D eigenvalue weighted by Gasteiger charge is 2.26. The van der Waals surface area contributed by atoms with E-state index in [0.717, 1.165) is 4.31 Å². The summed E-state index contributed by atoms with van der Waals surface area (Å²) in [6.07, 6.45) is 1.65. The first-order chi connectivity index (χ1) is 8.79. The Balaban J connectivity index is 2.36. The quantitative estimate of drug-likeness (QED) is 0.826. The summed E-state index contributed by atoms with van der Waals surface area (Å²) in [5, 5.41) is 0. The lowest BCUT2D eigenvalue weighted by Crippen LogP contribution is -2.31. The zero-order chi connectivity index (χ0) is 14.2. The maximum absolute atomic E-state index is 13.8. The van der Waals surface area contributed by atoms with Gasteiger partial charge in [-0.3, -0.25) is 4.31 Å². The van der Waals surface area contributed by atoms with Gasteiger partial charge in [0.2, 0.25) is 0 Å². The summed E-state index contributed by atoms with van der Waals surface area (Å²) in [5.74, 6) is -0.455. The van der Waals surface area contributed by atoms with Crippen molar-refractivity contribution in [3.05, 3.63) is 45.8 Å². The number of benzene rings is 1. The van der Waals surface area contributed by atoms with E-state index in [9.17, 15) is 12.8 Å². The third-order valence-corrected chi connectivity index (χ3v) is 4.66. The highest BCUT2D eigenvalue weighted by atomic mass is 79.9. The fourth-order valence-electron chi connectivity index (χ4n) is 1.82. The molecular weight excluding hydrogens is 335 g/mol. The molecule has 102 valence electrons. The average molecular weight is 347 g/mol. The molecule has 1 aromatic carbocycles. The van der Waals surface area contributed by atoms with Crippen LogP contribution in [0, 0.1) is 5.82 Å². The van der Waals surface area contributed by atoms with Gasteiger partial charge < -0.3 is 0 Å². The Morgan fingerprint density at radius 3 is 2.63 bits per heavy atom. The smallest absolute Gasteiger partial charge is 0.251 e. The molecular formula is C12H12BrFN2O2S. The molecule has 0 atom stereocenters. The number of hydrogen-bond acceptors (Lipinski definition) is 2. The van der Waals surface area contributed by atoms with Crippen LogP contribution in [-0.4, -0.2) is 18.4 Å². The van der Waals surface area contributed by atoms with Crippen molar-refractivity contribution in [2.75, 3.05) is 0 Å². The average Bonchev–Trinajstić information content (AvgIpc) is 2.24. The van der Waals surface area contributed by atoms with E-state index < -0.39 is 16.0 Å².